The maximum absolute atomic E-state index is 5.77. The second-order valence-corrected chi connectivity index (χ2v) is 5.02. The first-order valence-corrected chi connectivity index (χ1v) is 6.70. The summed E-state index contributed by atoms with van der Waals surface area (Å²) in [5.74, 6) is 1.75. The van der Waals surface area contributed by atoms with E-state index in [1.165, 1.54) is 5.56 Å². The first kappa shape index (κ1) is 12.9. The fraction of sp³-hybridized carbons (Fsp3) is 0.312. The first-order valence-electron chi connectivity index (χ1n) is 6.70. The number of fused-ring (bicyclic) bond motifs is 1. The Bertz CT molecular complexity index is 613. The average molecular weight is 270 g/mol. The Morgan fingerprint density at radius 2 is 2.10 bits per heavy atom. The summed E-state index contributed by atoms with van der Waals surface area (Å²) in [5, 5.41) is 0. The fourth-order valence-corrected chi connectivity index (χ4v) is 2.39. The molecule has 3 rings (SSSR count). The van der Waals surface area contributed by atoms with Crippen LogP contribution in [0.25, 0.3) is 11.1 Å². The molecule has 0 radical (unpaired) electrons. The van der Waals surface area contributed by atoms with Crippen LogP contribution in [0.4, 0.5) is 0 Å². The number of hydrogen-bond donors (Lipinski definition) is 0. The number of pyridine rings is 1. The largest absolute Gasteiger partial charge is 0.495 e. The summed E-state index contributed by atoms with van der Waals surface area (Å²) < 4.78 is 11.0. The van der Waals surface area contributed by atoms with Crippen LogP contribution in [0.3, 0.4) is 0 Å². The predicted octanol–water partition coefficient (Wildman–Crippen LogP) is 2.58. The van der Waals surface area contributed by atoms with Crippen molar-refractivity contribution in [2.75, 3.05) is 27.3 Å². The van der Waals surface area contributed by atoms with Crippen LogP contribution in [-0.4, -0.2) is 37.2 Å². The van der Waals surface area contributed by atoms with Gasteiger partial charge in [-0.05, 0) is 30.8 Å². The lowest BCUT2D eigenvalue weighted by Gasteiger charge is -2.12. The van der Waals surface area contributed by atoms with Crippen LogP contribution in [0.2, 0.25) is 0 Å². The molecule has 0 spiro atoms. The third kappa shape index (κ3) is 2.60. The molecule has 0 saturated heterocycles. The van der Waals surface area contributed by atoms with Gasteiger partial charge in [-0.15, -0.1) is 0 Å². The van der Waals surface area contributed by atoms with Crippen molar-refractivity contribution in [2.45, 2.75) is 6.54 Å². The summed E-state index contributed by atoms with van der Waals surface area (Å²) in [6, 6.07) is 8.29. The van der Waals surface area contributed by atoms with E-state index in [0.717, 1.165) is 42.3 Å². The van der Waals surface area contributed by atoms with Crippen molar-refractivity contribution in [1.82, 2.24) is 9.88 Å². The third-order valence-corrected chi connectivity index (χ3v) is 3.51. The Labute approximate surface area is 119 Å². The number of ether oxygens (including phenoxy) is 2. The molecule has 0 fully saturated rings. The Morgan fingerprint density at radius 3 is 2.95 bits per heavy atom. The Balaban J connectivity index is 1.98. The predicted molar refractivity (Wildman–Crippen MR) is 78.1 cm³/mol. The van der Waals surface area contributed by atoms with Crippen molar-refractivity contribution in [3.8, 4) is 22.6 Å². The molecule has 1 aliphatic heterocycles. The molecule has 0 atom stereocenters. The van der Waals surface area contributed by atoms with Gasteiger partial charge >= 0.3 is 0 Å². The number of hydrogen-bond acceptors (Lipinski definition) is 4. The lowest BCUT2D eigenvalue weighted by atomic mass is 10.0. The SMILES string of the molecule is COc1cncc(-c2ccc3c(c2)CN(C)CCO3)c1. The van der Waals surface area contributed by atoms with Gasteiger partial charge < -0.3 is 9.47 Å². The molecule has 0 aliphatic carbocycles. The topological polar surface area (TPSA) is 34.6 Å². The van der Waals surface area contributed by atoms with Crippen LogP contribution in [0.1, 0.15) is 5.56 Å². The summed E-state index contributed by atoms with van der Waals surface area (Å²) in [5.41, 5.74) is 3.40. The maximum atomic E-state index is 5.77. The van der Waals surface area contributed by atoms with Gasteiger partial charge in [0.25, 0.3) is 0 Å². The minimum absolute atomic E-state index is 0.740. The summed E-state index contributed by atoms with van der Waals surface area (Å²) in [4.78, 5) is 6.47. The molecule has 2 aromatic rings. The highest BCUT2D eigenvalue weighted by atomic mass is 16.5. The van der Waals surface area contributed by atoms with Crippen LogP contribution in [0, 0.1) is 0 Å². The van der Waals surface area contributed by atoms with Crippen molar-refractivity contribution in [2.24, 2.45) is 0 Å². The molecule has 4 nitrogen and oxygen atoms in total. The molecule has 4 heteroatoms. The maximum Gasteiger partial charge on any atom is 0.137 e. The molecule has 1 aromatic heterocycles. The zero-order chi connectivity index (χ0) is 13.9. The quantitative estimate of drug-likeness (QED) is 0.840. The van der Waals surface area contributed by atoms with Gasteiger partial charge in [-0.2, -0.15) is 0 Å². The van der Waals surface area contributed by atoms with E-state index in [2.05, 4.69) is 29.1 Å². The lowest BCUT2D eigenvalue weighted by Crippen LogP contribution is -2.20. The smallest absolute Gasteiger partial charge is 0.137 e. The van der Waals surface area contributed by atoms with Crippen molar-refractivity contribution in [3.05, 3.63) is 42.2 Å². The number of methoxy groups -OCH3 is 1. The molecule has 0 amide bonds. The summed E-state index contributed by atoms with van der Waals surface area (Å²) >= 11 is 0. The highest BCUT2D eigenvalue weighted by Gasteiger charge is 2.13. The second-order valence-electron chi connectivity index (χ2n) is 5.02. The van der Waals surface area contributed by atoms with E-state index in [9.17, 15) is 0 Å². The van der Waals surface area contributed by atoms with Crippen molar-refractivity contribution < 1.29 is 9.47 Å². The van der Waals surface area contributed by atoms with Gasteiger partial charge in [0.1, 0.15) is 18.1 Å². The number of benzene rings is 1. The molecular formula is C16H18N2O2. The molecule has 20 heavy (non-hydrogen) atoms. The van der Waals surface area contributed by atoms with Gasteiger partial charge in [0.05, 0.1) is 13.3 Å². The number of likely N-dealkylation sites (N-methyl/N-ethyl adjacent to an activating group) is 1. The van der Waals surface area contributed by atoms with Gasteiger partial charge in [0.2, 0.25) is 0 Å². The van der Waals surface area contributed by atoms with E-state index in [-0.39, 0.29) is 0 Å². The van der Waals surface area contributed by atoms with Crippen LogP contribution < -0.4 is 9.47 Å². The van der Waals surface area contributed by atoms with E-state index < -0.39 is 0 Å². The summed E-state index contributed by atoms with van der Waals surface area (Å²) in [6.45, 7) is 2.59. The van der Waals surface area contributed by atoms with E-state index in [1.54, 1.807) is 13.3 Å². The molecule has 0 unspecified atom stereocenters. The highest BCUT2D eigenvalue weighted by molar-refractivity contribution is 5.66. The van der Waals surface area contributed by atoms with Gasteiger partial charge in [0.15, 0.2) is 0 Å². The standard InChI is InChI=1S/C16H18N2O2/c1-18-5-6-20-16-4-3-12(7-14(16)11-18)13-8-15(19-2)10-17-9-13/h3-4,7-10H,5-6,11H2,1-2H3. The molecule has 2 heterocycles. The molecule has 0 bridgehead atoms. The summed E-state index contributed by atoms with van der Waals surface area (Å²) in [6.07, 6.45) is 3.56. The van der Waals surface area contributed by atoms with E-state index >= 15 is 0 Å². The third-order valence-electron chi connectivity index (χ3n) is 3.51. The fourth-order valence-electron chi connectivity index (χ4n) is 2.39. The highest BCUT2D eigenvalue weighted by Crippen LogP contribution is 2.29. The second kappa shape index (κ2) is 5.51. The van der Waals surface area contributed by atoms with Crippen LogP contribution in [0.5, 0.6) is 11.5 Å². The van der Waals surface area contributed by atoms with Gasteiger partial charge in [-0.1, -0.05) is 6.07 Å². The van der Waals surface area contributed by atoms with Crippen LogP contribution in [-0.2, 0) is 6.54 Å². The van der Waals surface area contributed by atoms with E-state index in [4.69, 9.17) is 9.47 Å². The molecule has 104 valence electrons. The van der Waals surface area contributed by atoms with Gasteiger partial charge in [-0.3, -0.25) is 9.88 Å². The average Bonchev–Trinajstić information content (AvgIpc) is 2.67. The zero-order valence-electron chi connectivity index (χ0n) is 11.8. The Morgan fingerprint density at radius 1 is 1.20 bits per heavy atom. The lowest BCUT2D eigenvalue weighted by molar-refractivity contribution is 0.259. The van der Waals surface area contributed by atoms with E-state index in [1.807, 2.05) is 18.3 Å². The molecule has 1 aromatic carbocycles. The van der Waals surface area contributed by atoms with Crippen molar-refractivity contribution >= 4 is 0 Å². The number of aromatic nitrogens is 1. The van der Waals surface area contributed by atoms with Gasteiger partial charge in [-0.25, -0.2) is 0 Å². The van der Waals surface area contributed by atoms with Gasteiger partial charge in [0, 0.05) is 30.4 Å². The normalized spacial score (nSPS) is 15.1. The Kier molecular flexibility index (Phi) is 3.56. The molecule has 0 saturated carbocycles. The van der Waals surface area contributed by atoms with Crippen molar-refractivity contribution in [3.63, 3.8) is 0 Å². The monoisotopic (exact) mass is 270 g/mol. The van der Waals surface area contributed by atoms with Crippen LogP contribution in [0.15, 0.2) is 36.7 Å². The van der Waals surface area contributed by atoms with Crippen molar-refractivity contribution in [1.29, 1.82) is 0 Å². The Hall–Kier alpha value is -2.07. The molecule has 1 aliphatic rings. The van der Waals surface area contributed by atoms with Crippen LogP contribution >= 0.6 is 0 Å². The minimum atomic E-state index is 0.740. The van der Waals surface area contributed by atoms with E-state index in [0.29, 0.717) is 0 Å². The minimum Gasteiger partial charge on any atom is -0.495 e. The molecule has 0 N–H and O–H groups in total. The number of rotatable bonds is 2. The molecular weight excluding hydrogens is 252 g/mol. The zero-order valence-corrected chi connectivity index (χ0v) is 11.8. The summed E-state index contributed by atoms with van der Waals surface area (Å²) in [7, 11) is 3.76. The first-order chi connectivity index (χ1) is 9.76. The number of nitrogens with zero attached hydrogens (tertiary/aromatic N) is 2.